The number of nitriles is 1. The van der Waals surface area contributed by atoms with Crippen LogP contribution in [-0.2, 0) is 16.7 Å². The standard InChI is InChI=1S/C24H25N3O/c1-15-3-5-17-13-23(9-7-18(28-2)8-10-23)24(21(17)11-15)20-6-4-16(14-25)12-19(20)22(26)27-24/h3-6,11-12,18H,7-10,13H2,1-2H3,(H2,26,27). The number of aryl methyl sites for hydroxylation is 1. The molecule has 2 aromatic rings. The van der Waals surface area contributed by atoms with Crippen molar-refractivity contribution < 1.29 is 4.74 Å². The van der Waals surface area contributed by atoms with Gasteiger partial charge >= 0.3 is 0 Å². The molecule has 1 aliphatic heterocycles. The minimum Gasteiger partial charge on any atom is -0.383 e. The normalized spacial score (nSPS) is 30.2. The number of aliphatic imine (C=N–C) groups is 1. The highest BCUT2D eigenvalue weighted by Gasteiger charge is 2.62. The highest BCUT2D eigenvalue weighted by atomic mass is 16.5. The van der Waals surface area contributed by atoms with Crippen LogP contribution in [-0.4, -0.2) is 19.0 Å². The first-order valence-corrected chi connectivity index (χ1v) is 10.1. The van der Waals surface area contributed by atoms with Gasteiger partial charge in [0, 0.05) is 18.1 Å². The Balaban J connectivity index is 1.76. The van der Waals surface area contributed by atoms with Gasteiger partial charge in [0.15, 0.2) is 0 Å². The average Bonchev–Trinajstić information content (AvgIpc) is 3.16. The summed E-state index contributed by atoms with van der Waals surface area (Å²) in [5.74, 6) is 0.565. The molecule has 1 atom stereocenters. The predicted molar refractivity (Wildman–Crippen MR) is 109 cm³/mol. The molecule has 0 saturated heterocycles. The summed E-state index contributed by atoms with van der Waals surface area (Å²) in [4.78, 5) is 5.22. The Labute approximate surface area is 166 Å². The number of rotatable bonds is 1. The van der Waals surface area contributed by atoms with Gasteiger partial charge in [-0.2, -0.15) is 5.26 Å². The van der Waals surface area contributed by atoms with E-state index < -0.39 is 5.54 Å². The summed E-state index contributed by atoms with van der Waals surface area (Å²) in [6.07, 6.45) is 5.58. The molecule has 2 aliphatic carbocycles. The van der Waals surface area contributed by atoms with Crippen LogP contribution in [0.25, 0.3) is 0 Å². The number of hydrogen-bond donors (Lipinski definition) is 1. The number of methoxy groups -OCH3 is 1. The Morgan fingerprint density at radius 2 is 1.93 bits per heavy atom. The number of benzene rings is 2. The Morgan fingerprint density at radius 3 is 2.64 bits per heavy atom. The van der Waals surface area contributed by atoms with Crippen LogP contribution in [0.4, 0.5) is 0 Å². The third-order valence-electron chi connectivity index (χ3n) is 7.28. The van der Waals surface area contributed by atoms with Gasteiger partial charge in [0.05, 0.1) is 17.7 Å². The molecule has 0 radical (unpaired) electrons. The molecule has 0 amide bonds. The largest absolute Gasteiger partial charge is 0.383 e. The minimum absolute atomic E-state index is 0.0161. The lowest BCUT2D eigenvalue weighted by Crippen LogP contribution is -2.45. The number of nitrogens with zero attached hydrogens (tertiary/aromatic N) is 2. The maximum Gasteiger partial charge on any atom is 0.127 e. The first-order valence-electron chi connectivity index (χ1n) is 10.1. The molecule has 1 fully saturated rings. The maximum atomic E-state index is 9.36. The van der Waals surface area contributed by atoms with Gasteiger partial charge in [-0.15, -0.1) is 0 Å². The zero-order valence-corrected chi connectivity index (χ0v) is 16.5. The van der Waals surface area contributed by atoms with Gasteiger partial charge in [-0.1, -0.05) is 29.8 Å². The van der Waals surface area contributed by atoms with Gasteiger partial charge in [-0.3, -0.25) is 4.99 Å². The first-order chi connectivity index (χ1) is 13.5. The lowest BCUT2D eigenvalue weighted by molar-refractivity contribution is 0.00684. The molecule has 28 heavy (non-hydrogen) atoms. The second-order valence-corrected chi connectivity index (χ2v) is 8.63. The van der Waals surface area contributed by atoms with Crippen LogP contribution in [0.3, 0.4) is 0 Å². The van der Waals surface area contributed by atoms with Gasteiger partial charge in [0.2, 0.25) is 0 Å². The predicted octanol–water partition coefficient (Wildman–Crippen LogP) is 3.96. The molecular weight excluding hydrogens is 346 g/mol. The molecule has 2 spiro atoms. The van der Waals surface area contributed by atoms with Crippen LogP contribution in [0.5, 0.6) is 0 Å². The summed E-state index contributed by atoms with van der Waals surface area (Å²) in [6, 6.07) is 14.9. The summed E-state index contributed by atoms with van der Waals surface area (Å²) in [6.45, 7) is 2.14. The van der Waals surface area contributed by atoms with E-state index in [-0.39, 0.29) is 5.41 Å². The highest BCUT2D eigenvalue weighted by Crippen LogP contribution is 2.64. The Hall–Kier alpha value is -2.64. The van der Waals surface area contributed by atoms with Crippen molar-refractivity contribution in [2.75, 3.05) is 7.11 Å². The van der Waals surface area contributed by atoms with Crippen molar-refractivity contribution in [2.45, 2.75) is 50.7 Å². The van der Waals surface area contributed by atoms with Gasteiger partial charge < -0.3 is 10.5 Å². The summed E-state index contributed by atoms with van der Waals surface area (Å²) in [5, 5.41) is 9.36. The molecule has 1 saturated carbocycles. The fourth-order valence-corrected chi connectivity index (χ4v) is 5.93. The third kappa shape index (κ3) is 2.11. The van der Waals surface area contributed by atoms with E-state index in [1.54, 1.807) is 0 Å². The van der Waals surface area contributed by atoms with E-state index in [9.17, 15) is 5.26 Å². The van der Waals surface area contributed by atoms with Crippen molar-refractivity contribution in [3.63, 3.8) is 0 Å². The Bertz CT molecular complexity index is 1040. The molecular formula is C24H25N3O. The van der Waals surface area contributed by atoms with E-state index in [1.807, 2.05) is 19.2 Å². The molecule has 1 unspecified atom stereocenters. The van der Waals surface area contributed by atoms with E-state index >= 15 is 0 Å². The second-order valence-electron chi connectivity index (χ2n) is 8.63. The van der Waals surface area contributed by atoms with E-state index in [0.717, 1.165) is 37.7 Å². The highest BCUT2D eigenvalue weighted by molar-refractivity contribution is 6.03. The van der Waals surface area contributed by atoms with Crippen molar-refractivity contribution in [3.8, 4) is 6.07 Å². The van der Waals surface area contributed by atoms with Gasteiger partial charge in [0.1, 0.15) is 11.4 Å². The number of fused-ring (bicyclic) bond motifs is 5. The number of nitrogens with two attached hydrogens (primary N) is 1. The quantitative estimate of drug-likeness (QED) is 0.825. The van der Waals surface area contributed by atoms with Crippen LogP contribution in [0, 0.1) is 23.7 Å². The van der Waals surface area contributed by atoms with Crippen LogP contribution in [0.15, 0.2) is 41.4 Å². The minimum atomic E-state index is -0.444. The third-order valence-corrected chi connectivity index (χ3v) is 7.28. The molecule has 1 heterocycles. The van der Waals surface area contributed by atoms with E-state index in [1.165, 1.54) is 22.3 Å². The van der Waals surface area contributed by atoms with Crippen LogP contribution in [0.2, 0.25) is 0 Å². The summed E-state index contributed by atoms with van der Waals surface area (Å²) < 4.78 is 5.67. The van der Waals surface area contributed by atoms with Crippen LogP contribution >= 0.6 is 0 Å². The zero-order valence-electron chi connectivity index (χ0n) is 16.5. The first kappa shape index (κ1) is 17.5. The fraction of sp³-hybridized carbons (Fsp3) is 0.417. The van der Waals surface area contributed by atoms with Crippen molar-refractivity contribution in [1.82, 2.24) is 0 Å². The zero-order chi connectivity index (χ0) is 19.5. The smallest absolute Gasteiger partial charge is 0.127 e. The topological polar surface area (TPSA) is 71.4 Å². The average molecular weight is 371 g/mol. The van der Waals surface area contributed by atoms with Crippen molar-refractivity contribution in [3.05, 3.63) is 69.8 Å². The molecule has 0 bridgehead atoms. The number of hydrogen-bond acceptors (Lipinski definition) is 4. The van der Waals surface area contributed by atoms with E-state index in [4.69, 9.17) is 15.5 Å². The summed E-state index contributed by atoms with van der Waals surface area (Å²) in [5.41, 5.74) is 12.7. The van der Waals surface area contributed by atoms with Crippen LogP contribution in [0.1, 0.15) is 59.1 Å². The molecule has 2 aromatic carbocycles. The van der Waals surface area contributed by atoms with Crippen molar-refractivity contribution >= 4 is 5.84 Å². The monoisotopic (exact) mass is 371 g/mol. The molecule has 0 aromatic heterocycles. The maximum absolute atomic E-state index is 9.36. The molecule has 5 rings (SSSR count). The van der Waals surface area contributed by atoms with Crippen molar-refractivity contribution in [2.24, 2.45) is 16.1 Å². The fourth-order valence-electron chi connectivity index (χ4n) is 5.93. The van der Waals surface area contributed by atoms with Crippen molar-refractivity contribution in [1.29, 1.82) is 5.26 Å². The van der Waals surface area contributed by atoms with Gasteiger partial charge in [-0.25, -0.2) is 0 Å². The van der Waals surface area contributed by atoms with Gasteiger partial charge in [0.25, 0.3) is 0 Å². The molecule has 142 valence electrons. The lowest BCUT2D eigenvalue weighted by atomic mass is 9.59. The lowest BCUT2D eigenvalue weighted by Gasteiger charge is -2.47. The second kappa shape index (κ2) is 5.93. The van der Waals surface area contributed by atoms with Gasteiger partial charge in [-0.05, 0) is 67.9 Å². The molecule has 3 aliphatic rings. The summed E-state index contributed by atoms with van der Waals surface area (Å²) in [7, 11) is 1.82. The van der Waals surface area contributed by atoms with E-state index in [0.29, 0.717) is 17.5 Å². The molecule has 4 nitrogen and oxygen atoms in total. The van der Waals surface area contributed by atoms with Crippen LogP contribution < -0.4 is 5.73 Å². The summed E-state index contributed by atoms with van der Waals surface area (Å²) >= 11 is 0. The number of amidine groups is 1. The Morgan fingerprint density at radius 1 is 1.14 bits per heavy atom. The molecule has 2 N–H and O–H groups in total. The number of ether oxygens (including phenoxy) is 1. The molecule has 4 heteroatoms. The van der Waals surface area contributed by atoms with E-state index in [2.05, 4.69) is 37.3 Å². The Kier molecular flexibility index (Phi) is 3.70. The SMILES string of the molecule is COC1CCC2(CC1)Cc1ccc(C)cc1C21N=C(N)c2cc(C#N)ccc21.